The zero-order valence-electron chi connectivity index (χ0n) is 5.20. The Balaban J connectivity index is 2.88. The van der Waals surface area contributed by atoms with Crippen LogP contribution >= 0.6 is 12.6 Å². The molecular weight excluding hydrogens is 144 g/mol. The van der Waals surface area contributed by atoms with Gasteiger partial charge in [0.15, 0.2) is 0 Å². The average Bonchev–Trinajstić information content (AvgIpc) is 2.27. The van der Waals surface area contributed by atoms with Crippen LogP contribution in [0.15, 0.2) is 29.4 Å². The number of nitrogens with zero attached hydrogens (tertiary/aromatic N) is 1. The zero-order chi connectivity index (χ0) is 6.97. The van der Waals surface area contributed by atoms with Gasteiger partial charge in [0.25, 0.3) is 0 Å². The Morgan fingerprint density at radius 2 is 2.40 bits per heavy atom. The molecule has 0 saturated heterocycles. The van der Waals surface area contributed by atoms with Crippen molar-refractivity contribution >= 4 is 23.7 Å². The van der Waals surface area contributed by atoms with Gasteiger partial charge in [-0.1, -0.05) is 0 Å². The number of hydrogen-bond acceptors (Lipinski definition) is 2. The van der Waals surface area contributed by atoms with Crippen molar-refractivity contribution in [2.45, 2.75) is 5.03 Å². The van der Waals surface area contributed by atoms with Crippen molar-refractivity contribution in [2.75, 3.05) is 0 Å². The Kier molecular flexibility index (Phi) is 1.17. The lowest BCUT2D eigenvalue weighted by Crippen LogP contribution is -1.71. The highest BCUT2D eigenvalue weighted by Gasteiger charge is 1.94. The minimum atomic E-state index is 0.855. The van der Waals surface area contributed by atoms with Gasteiger partial charge in [0.1, 0.15) is 5.65 Å². The van der Waals surface area contributed by atoms with E-state index in [4.69, 9.17) is 0 Å². The molecule has 2 aromatic rings. The molecule has 0 aromatic carbocycles. The molecule has 0 aliphatic heterocycles. The number of hydrogen-bond donors (Lipinski definition) is 2. The van der Waals surface area contributed by atoms with Crippen LogP contribution in [0.25, 0.3) is 11.0 Å². The second kappa shape index (κ2) is 2.02. The highest BCUT2D eigenvalue weighted by molar-refractivity contribution is 7.80. The largest absolute Gasteiger partial charge is 0.335 e. The predicted octanol–water partition coefficient (Wildman–Crippen LogP) is 1.85. The Morgan fingerprint density at radius 1 is 1.50 bits per heavy atom. The van der Waals surface area contributed by atoms with Gasteiger partial charge in [0.05, 0.1) is 5.03 Å². The van der Waals surface area contributed by atoms with Crippen LogP contribution in [0.2, 0.25) is 0 Å². The summed E-state index contributed by atoms with van der Waals surface area (Å²) >= 11 is 4.15. The normalized spacial score (nSPS) is 10.5. The number of pyridine rings is 1. The van der Waals surface area contributed by atoms with Crippen LogP contribution in [0.4, 0.5) is 0 Å². The Morgan fingerprint density at radius 3 is 3.20 bits per heavy atom. The van der Waals surface area contributed by atoms with Crippen LogP contribution in [0.5, 0.6) is 0 Å². The molecule has 2 nitrogen and oxygen atoms in total. The number of H-pyrrole nitrogens is 1. The van der Waals surface area contributed by atoms with E-state index in [0.717, 1.165) is 16.1 Å². The van der Waals surface area contributed by atoms with Crippen LogP contribution in [0.3, 0.4) is 0 Å². The molecule has 0 atom stereocenters. The van der Waals surface area contributed by atoms with Crippen molar-refractivity contribution in [2.24, 2.45) is 0 Å². The maximum absolute atomic E-state index is 4.15. The van der Waals surface area contributed by atoms with Gasteiger partial charge in [-0.2, -0.15) is 0 Å². The molecule has 0 bridgehead atoms. The number of thiol groups is 1. The van der Waals surface area contributed by atoms with E-state index in [1.165, 1.54) is 0 Å². The minimum Gasteiger partial charge on any atom is -0.335 e. The molecule has 0 aliphatic rings. The second-order valence-corrected chi connectivity index (χ2v) is 2.58. The van der Waals surface area contributed by atoms with E-state index >= 15 is 0 Å². The van der Waals surface area contributed by atoms with Crippen LogP contribution in [-0.2, 0) is 0 Å². The Hall–Kier alpha value is -0.960. The summed E-state index contributed by atoms with van der Waals surface area (Å²) in [4.78, 5) is 7.11. The van der Waals surface area contributed by atoms with Crippen molar-refractivity contribution < 1.29 is 0 Å². The van der Waals surface area contributed by atoms with Gasteiger partial charge < -0.3 is 4.98 Å². The maximum Gasteiger partial charge on any atom is 0.138 e. The first-order chi connectivity index (χ1) is 4.86. The fourth-order valence-electron chi connectivity index (χ4n) is 0.943. The second-order valence-electron chi connectivity index (χ2n) is 2.10. The van der Waals surface area contributed by atoms with E-state index in [1.54, 1.807) is 6.20 Å². The molecule has 10 heavy (non-hydrogen) atoms. The van der Waals surface area contributed by atoms with Gasteiger partial charge >= 0.3 is 0 Å². The smallest absolute Gasteiger partial charge is 0.138 e. The quantitative estimate of drug-likeness (QED) is 0.551. The third-order valence-electron chi connectivity index (χ3n) is 1.38. The Bertz CT molecular complexity index is 320. The third-order valence-corrected chi connectivity index (χ3v) is 1.62. The number of nitrogens with one attached hydrogen (secondary N) is 1. The van der Waals surface area contributed by atoms with Crippen LogP contribution < -0.4 is 0 Å². The van der Waals surface area contributed by atoms with Crippen LogP contribution in [0, 0.1) is 0 Å². The van der Waals surface area contributed by atoms with Crippen molar-refractivity contribution in [3.63, 3.8) is 0 Å². The molecule has 0 amide bonds. The highest BCUT2D eigenvalue weighted by atomic mass is 32.1. The van der Waals surface area contributed by atoms with Gasteiger partial charge in [-0.15, -0.1) is 12.6 Å². The molecule has 0 spiro atoms. The zero-order valence-corrected chi connectivity index (χ0v) is 6.10. The molecule has 0 radical (unpaired) electrons. The lowest BCUT2D eigenvalue weighted by Gasteiger charge is -1.82. The first kappa shape index (κ1) is 5.80. The highest BCUT2D eigenvalue weighted by Crippen LogP contribution is 2.13. The summed E-state index contributed by atoms with van der Waals surface area (Å²) in [5.41, 5.74) is 0.896. The molecule has 1 N–H and O–H groups in total. The average molecular weight is 150 g/mol. The van der Waals surface area contributed by atoms with E-state index in [0.29, 0.717) is 0 Å². The summed E-state index contributed by atoms with van der Waals surface area (Å²) in [6.45, 7) is 0. The third kappa shape index (κ3) is 0.789. The first-order valence-electron chi connectivity index (χ1n) is 2.99. The number of aromatic nitrogens is 2. The molecule has 0 fully saturated rings. The summed E-state index contributed by atoms with van der Waals surface area (Å²) in [6.07, 6.45) is 1.76. The fraction of sp³-hybridized carbons (Fsp3) is 0. The van der Waals surface area contributed by atoms with Gasteiger partial charge in [0.2, 0.25) is 0 Å². The summed E-state index contributed by atoms with van der Waals surface area (Å²) in [5, 5.41) is 1.96. The summed E-state index contributed by atoms with van der Waals surface area (Å²) in [6, 6.07) is 5.85. The van der Waals surface area contributed by atoms with Gasteiger partial charge in [-0.25, -0.2) is 4.98 Å². The molecule has 0 aliphatic carbocycles. The standard InChI is InChI=1S/C7H6N2S/c10-6-4-5-2-1-3-8-7(5)9-6/h1-4,10H,(H,8,9). The minimum absolute atomic E-state index is 0.855. The number of aromatic amines is 1. The van der Waals surface area contributed by atoms with E-state index in [1.807, 2.05) is 18.2 Å². The van der Waals surface area contributed by atoms with Crippen molar-refractivity contribution in [1.82, 2.24) is 9.97 Å². The monoisotopic (exact) mass is 150 g/mol. The molecule has 2 aromatic heterocycles. The van der Waals surface area contributed by atoms with Gasteiger partial charge in [-0.05, 0) is 18.2 Å². The summed E-state index contributed by atoms with van der Waals surface area (Å²) < 4.78 is 0. The molecule has 3 heteroatoms. The van der Waals surface area contributed by atoms with Crippen molar-refractivity contribution in [1.29, 1.82) is 0 Å². The predicted molar refractivity (Wildman–Crippen MR) is 43.3 cm³/mol. The molecule has 0 saturated carbocycles. The van der Waals surface area contributed by atoms with Crippen LogP contribution in [0.1, 0.15) is 0 Å². The maximum atomic E-state index is 4.15. The lowest BCUT2D eigenvalue weighted by atomic mass is 10.3. The van der Waals surface area contributed by atoms with Crippen LogP contribution in [-0.4, -0.2) is 9.97 Å². The topological polar surface area (TPSA) is 28.7 Å². The number of fused-ring (bicyclic) bond motifs is 1. The molecule has 2 rings (SSSR count). The molecular formula is C7H6N2S. The van der Waals surface area contributed by atoms with E-state index in [2.05, 4.69) is 22.6 Å². The number of rotatable bonds is 0. The van der Waals surface area contributed by atoms with Gasteiger partial charge in [0, 0.05) is 11.6 Å². The first-order valence-corrected chi connectivity index (χ1v) is 3.44. The SMILES string of the molecule is Sc1cc2cccnc2[nH]1. The summed E-state index contributed by atoms with van der Waals surface area (Å²) in [7, 11) is 0. The lowest BCUT2D eigenvalue weighted by molar-refractivity contribution is 1.21. The van der Waals surface area contributed by atoms with Crippen molar-refractivity contribution in [3.8, 4) is 0 Å². The Labute approximate surface area is 63.7 Å². The molecule has 50 valence electrons. The van der Waals surface area contributed by atoms with Gasteiger partial charge in [-0.3, -0.25) is 0 Å². The van der Waals surface area contributed by atoms with E-state index in [-0.39, 0.29) is 0 Å². The van der Waals surface area contributed by atoms with E-state index < -0.39 is 0 Å². The summed E-state index contributed by atoms with van der Waals surface area (Å²) in [5.74, 6) is 0. The van der Waals surface area contributed by atoms with Crippen molar-refractivity contribution in [3.05, 3.63) is 24.4 Å². The van der Waals surface area contributed by atoms with E-state index in [9.17, 15) is 0 Å². The fourth-order valence-corrected chi connectivity index (χ4v) is 1.19. The molecule has 0 unspecified atom stereocenters. The molecule has 2 heterocycles.